The van der Waals surface area contributed by atoms with Crippen molar-refractivity contribution in [2.24, 2.45) is 5.41 Å². The highest BCUT2D eigenvalue weighted by Gasteiger charge is 2.36. The van der Waals surface area contributed by atoms with Crippen LogP contribution in [0.15, 0.2) is 0 Å². The van der Waals surface area contributed by atoms with Crippen LogP contribution in [0.3, 0.4) is 0 Å². The molecule has 1 aliphatic heterocycles. The molecule has 3 heteroatoms. The summed E-state index contributed by atoms with van der Waals surface area (Å²) in [6.45, 7) is 6.15. The number of carbonyl (C=O) groups is 1. The van der Waals surface area contributed by atoms with Gasteiger partial charge in [0.25, 0.3) is 0 Å². The van der Waals surface area contributed by atoms with Gasteiger partial charge in [-0.2, -0.15) is 0 Å². The molecule has 0 aromatic heterocycles. The molecule has 1 atom stereocenters. The number of aldehydes is 1. The highest BCUT2D eigenvalue weighted by molar-refractivity contribution is 5.60. The minimum Gasteiger partial charge on any atom is -0.377 e. The van der Waals surface area contributed by atoms with Gasteiger partial charge in [-0.25, -0.2) is 0 Å². The predicted octanol–water partition coefficient (Wildman–Crippen LogP) is 2.64. The van der Waals surface area contributed by atoms with E-state index in [9.17, 15) is 4.79 Å². The SMILES string of the molecule is CCCOC1CCCN(CC2(C=O)CCCC2)C1. The van der Waals surface area contributed by atoms with E-state index < -0.39 is 0 Å². The summed E-state index contributed by atoms with van der Waals surface area (Å²) < 4.78 is 5.86. The van der Waals surface area contributed by atoms with Gasteiger partial charge in [0.1, 0.15) is 6.29 Å². The van der Waals surface area contributed by atoms with Crippen molar-refractivity contribution in [2.75, 3.05) is 26.2 Å². The lowest BCUT2D eigenvalue weighted by molar-refractivity contribution is -0.117. The Labute approximate surface area is 111 Å². The van der Waals surface area contributed by atoms with Crippen LogP contribution in [-0.4, -0.2) is 43.5 Å². The van der Waals surface area contributed by atoms with Gasteiger partial charge in [0.15, 0.2) is 0 Å². The van der Waals surface area contributed by atoms with Gasteiger partial charge in [0.2, 0.25) is 0 Å². The molecule has 1 saturated heterocycles. The summed E-state index contributed by atoms with van der Waals surface area (Å²) in [4.78, 5) is 13.9. The van der Waals surface area contributed by atoms with Gasteiger partial charge < -0.3 is 9.53 Å². The Kier molecular flexibility index (Phi) is 5.19. The monoisotopic (exact) mass is 253 g/mol. The first-order valence-electron chi connectivity index (χ1n) is 7.58. The molecular weight excluding hydrogens is 226 g/mol. The van der Waals surface area contributed by atoms with Gasteiger partial charge in [-0.1, -0.05) is 19.8 Å². The van der Waals surface area contributed by atoms with Crippen molar-refractivity contribution in [3.8, 4) is 0 Å². The maximum atomic E-state index is 11.4. The van der Waals surface area contributed by atoms with Crippen molar-refractivity contribution in [1.82, 2.24) is 4.90 Å². The summed E-state index contributed by atoms with van der Waals surface area (Å²) in [6, 6.07) is 0. The molecule has 0 aromatic rings. The fraction of sp³-hybridized carbons (Fsp3) is 0.933. The van der Waals surface area contributed by atoms with Crippen molar-refractivity contribution >= 4 is 6.29 Å². The Morgan fingerprint density at radius 2 is 2.11 bits per heavy atom. The fourth-order valence-corrected chi connectivity index (χ4v) is 3.41. The molecule has 2 aliphatic rings. The molecule has 1 unspecified atom stereocenters. The van der Waals surface area contributed by atoms with E-state index in [4.69, 9.17) is 4.74 Å². The van der Waals surface area contributed by atoms with Crippen molar-refractivity contribution in [2.45, 2.75) is 58.0 Å². The molecule has 104 valence electrons. The minimum absolute atomic E-state index is 0.0351. The third kappa shape index (κ3) is 3.55. The lowest BCUT2D eigenvalue weighted by atomic mass is 9.87. The average Bonchev–Trinajstić information content (AvgIpc) is 2.86. The second-order valence-electron chi connectivity index (χ2n) is 6.06. The molecule has 1 aliphatic carbocycles. The third-order valence-corrected chi connectivity index (χ3v) is 4.41. The second kappa shape index (κ2) is 6.67. The van der Waals surface area contributed by atoms with Crippen molar-refractivity contribution in [3.63, 3.8) is 0 Å². The van der Waals surface area contributed by atoms with Gasteiger partial charge in [0, 0.05) is 25.1 Å². The zero-order chi connectivity index (χ0) is 12.8. The summed E-state index contributed by atoms with van der Waals surface area (Å²) >= 11 is 0. The number of ether oxygens (including phenoxy) is 1. The molecule has 0 aromatic carbocycles. The first-order valence-corrected chi connectivity index (χ1v) is 7.58. The van der Waals surface area contributed by atoms with Crippen LogP contribution in [0, 0.1) is 5.41 Å². The number of hydrogen-bond donors (Lipinski definition) is 0. The molecule has 0 spiro atoms. The molecule has 0 radical (unpaired) electrons. The Bertz CT molecular complexity index is 261. The summed E-state index contributed by atoms with van der Waals surface area (Å²) in [7, 11) is 0. The highest BCUT2D eigenvalue weighted by atomic mass is 16.5. The van der Waals surface area contributed by atoms with E-state index >= 15 is 0 Å². The fourth-order valence-electron chi connectivity index (χ4n) is 3.41. The Morgan fingerprint density at radius 3 is 2.78 bits per heavy atom. The molecule has 1 saturated carbocycles. The molecule has 0 N–H and O–H groups in total. The quantitative estimate of drug-likeness (QED) is 0.682. The number of piperidine rings is 1. The summed E-state index contributed by atoms with van der Waals surface area (Å²) in [5.41, 5.74) is -0.0351. The molecule has 1 heterocycles. The standard InChI is InChI=1S/C15H27NO2/c1-2-10-18-14-6-5-9-16(11-14)12-15(13-17)7-3-4-8-15/h13-14H,2-12H2,1H3. The van der Waals surface area contributed by atoms with E-state index in [1.165, 1.54) is 32.0 Å². The molecular formula is C15H27NO2. The first-order chi connectivity index (χ1) is 8.78. The lowest BCUT2D eigenvalue weighted by Gasteiger charge is -2.37. The number of hydrogen-bond acceptors (Lipinski definition) is 3. The Hall–Kier alpha value is -0.410. The Balaban J connectivity index is 1.83. The van der Waals surface area contributed by atoms with Crippen LogP contribution in [0.1, 0.15) is 51.9 Å². The first kappa shape index (κ1) is 14.0. The second-order valence-corrected chi connectivity index (χ2v) is 6.06. The molecule has 0 bridgehead atoms. The van der Waals surface area contributed by atoms with Crippen molar-refractivity contribution in [3.05, 3.63) is 0 Å². The molecule has 2 rings (SSSR count). The van der Waals surface area contributed by atoms with Crippen LogP contribution in [0.5, 0.6) is 0 Å². The maximum Gasteiger partial charge on any atom is 0.127 e. The minimum atomic E-state index is -0.0351. The van der Waals surface area contributed by atoms with E-state index in [-0.39, 0.29) is 5.41 Å². The molecule has 18 heavy (non-hydrogen) atoms. The lowest BCUT2D eigenvalue weighted by Crippen LogP contribution is -2.45. The number of rotatable bonds is 6. The van der Waals surface area contributed by atoms with Crippen LogP contribution in [0.4, 0.5) is 0 Å². The molecule has 3 nitrogen and oxygen atoms in total. The third-order valence-electron chi connectivity index (χ3n) is 4.41. The van der Waals surface area contributed by atoms with E-state index in [0.29, 0.717) is 6.10 Å². The number of nitrogens with zero attached hydrogens (tertiary/aromatic N) is 1. The molecule has 2 fully saturated rings. The van der Waals surface area contributed by atoms with Crippen molar-refractivity contribution < 1.29 is 9.53 Å². The van der Waals surface area contributed by atoms with Gasteiger partial charge in [-0.3, -0.25) is 4.90 Å². The van der Waals surface area contributed by atoms with Crippen LogP contribution in [0.2, 0.25) is 0 Å². The average molecular weight is 253 g/mol. The van der Waals surface area contributed by atoms with E-state index in [1.807, 2.05) is 0 Å². The highest BCUT2D eigenvalue weighted by Crippen LogP contribution is 2.37. The van der Waals surface area contributed by atoms with E-state index in [2.05, 4.69) is 11.8 Å². The summed E-state index contributed by atoms with van der Waals surface area (Å²) in [6.07, 6.45) is 9.74. The Morgan fingerprint density at radius 1 is 1.33 bits per heavy atom. The van der Waals surface area contributed by atoms with Gasteiger partial charge >= 0.3 is 0 Å². The van der Waals surface area contributed by atoms with Gasteiger partial charge in [-0.05, 0) is 38.6 Å². The number of likely N-dealkylation sites (tertiary alicyclic amines) is 1. The predicted molar refractivity (Wildman–Crippen MR) is 72.7 cm³/mol. The van der Waals surface area contributed by atoms with Crippen molar-refractivity contribution in [1.29, 1.82) is 0 Å². The largest absolute Gasteiger partial charge is 0.377 e. The van der Waals surface area contributed by atoms with E-state index in [1.54, 1.807) is 0 Å². The topological polar surface area (TPSA) is 29.5 Å². The van der Waals surface area contributed by atoms with Crippen LogP contribution in [-0.2, 0) is 9.53 Å². The van der Waals surface area contributed by atoms with Crippen LogP contribution < -0.4 is 0 Å². The van der Waals surface area contributed by atoms with Gasteiger partial charge in [-0.15, -0.1) is 0 Å². The normalized spacial score (nSPS) is 28.4. The van der Waals surface area contributed by atoms with Crippen LogP contribution >= 0.6 is 0 Å². The van der Waals surface area contributed by atoms with Crippen LogP contribution in [0.25, 0.3) is 0 Å². The smallest absolute Gasteiger partial charge is 0.127 e. The summed E-state index contributed by atoms with van der Waals surface area (Å²) in [5, 5.41) is 0. The van der Waals surface area contributed by atoms with Gasteiger partial charge in [0.05, 0.1) is 6.10 Å². The zero-order valence-electron chi connectivity index (χ0n) is 11.7. The molecule has 0 amide bonds. The van der Waals surface area contributed by atoms with E-state index in [0.717, 1.165) is 45.5 Å². The maximum absolute atomic E-state index is 11.4. The summed E-state index contributed by atoms with van der Waals surface area (Å²) in [5.74, 6) is 0. The number of carbonyl (C=O) groups excluding carboxylic acids is 1. The zero-order valence-corrected chi connectivity index (χ0v) is 11.7.